The Kier molecular flexibility index (Phi) is 7.76. The third-order valence-corrected chi connectivity index (χ3v) is 5.80. The molecule has 1 unspecified atom stereocenters. The third kappa shape index (κ3) is 7.28. The van der Waals surface area contributed by atoms with Crippen molar-refractivity contribution in [3.63, 3.8) is 0 Å². The van der Waals surface area contributed by atoms with Crippen LogP contribution >= 0.6 is 19.2 Å². The average Bonchev–Trinajstić information content (AvgIpc) is 3.21. The number of carbonyl (C=O) groups excluding carboxylic acids is 2. The van der Waals surface area contributed by atoms with E-state index in [1.807, 2.05) is 30.3 Å². The summed E-state index contributed by atoms with van der Waals surface area (Å²) in [6.45, 7) is 1.55. The molecule has 1 heterocycles. The minimum atomic E-state index is -4.65. The van der Waals surface area contributed by atoms with Crippen LogP contribution in [0.4, 0.5) is 0 Å². The van der Waals surface area contributed by atoms with Crippen LogP contribution in [-0.2, 0) is 27.1 Å². The number of amides is 2. The summed E-state index contributed by atoms with van der Waals surface area (Å²) in [4.78, 5) is 47.4. The summed E-state index contributed by atoms with van der Waals surface area (Å²) in [5.41, 5.74) is 1.72. The summed E-state index contributed by atoms with van der Waals surface area (Å²) < 4.78 is 15.4. The van der Waals surface area contributed by atoms with Crippen molar-refractivity contribution in [2.45, 2.75) is 25.9 Å². The van der Waals surface area contributed by atoms with Crippen LogP contribution in [0.2, 0.25) is 0 Å². The molecule has 0 radical (unpaired) electrons. The van der Waals surface area contributed by atoms with E-state index < -0.39 is 13.9 Å². The monoisotopic (exact) mass is 475 g/mol. The first-order valence-electron chi connectivity index (χ1n) is 9.58. The van der Waals surface area contributed by atoms with Crippen molar-refractivity contribution in [2.24, 2.45) is 0 Å². The van der Waals surface area contributed by atoms with Gasteiger partial charge in [-0.05, 0) is 23.3 Å². The molecule has 0 aliphatic carbocycles. The fourth-order valence-corrected chi connectivity index (χ4v) is 4.19. The summed E-state index contributed by atoms with van der Waals surface area (Å²) in [6, 6.07) is 14.9. The third-order valence-electron chi connectivity index (χ3n) is 4.31. The molecule has 168 valence electrons. The molecule has 0 saturated carbocycles. The van der Waals surface area contributed by atoms with Gasteiger partial charge in [0.05, 0.1) is 11.4 Å². The van der Waals surface area contributed by atoms with Gasteiger partial charge in [0, 0.05) is 19.5 Å². The lowest BCUT2D eigenvalue weighted by Gasteiger charge is -2.17. The number of benzene rings is 2. The summed E-state index contributed by atoms with van der Waals surface area (Å²) in [5.74, 6) is -0.722. The highest BCUT2D eigenvalue weighted by atomic mass is 32.1. The lowest BCUT2D eigenvalue weighted by Crippen LogP contribution is -2.47. The van der Waals surface area contributed by atoms with E-state index in [-0.39, 0.29) is 30.5 Å². The number of hydrogen-bond donors (Lipinski definition) is 4. The second-order valence-electron chi connectivity index (χ2n) is 6.89. The number of rotatable bonds is 9. The molecule has 2 amide bonds. The number of nitrogens with zero attached hydrogens (tertiary/aromatic N) is 1. The lowest BCUT2D eigenvalue weighted by molar-refractivity contribution is -0.128. The molecule has 11 heteroatoms. The summed E-state index contributed by atoms with van der Waals surface area (Å²) in [6.07, 6.45) is 1.95. The second-order valence-corrected chi connectivity index (χ2v) is 9.16. The molecule has 32 heavy (non-hydrogen) atoms. The largest absolute Gasteiger partial charge is 0.524 e. The van der Waals surface area contributed by atoms with E-state index in [1.165, 1.54) is 30.4 Å². The molecule has 0 saturated heterocycles. The summed E-state index contributed by atoms with van der Waals surface area (Å²) in [5, 5.41) is 6.16. The highest BCUT2D eigenvalue weighted by molar-refractivity contribution is 7.46. The number of carbonyl (C=O) groups is 2. The standard InChI is InChI=1S/C21H22N3O6PS/c1-14(25)24-18(11-15-7-9-17(10-8-15)30-31(27,28)29)21(26)23-13-20-22-12-19(32-20)16-5-3-2-4-6-16/h2-10,12,18H,11,13H2,1H3,(H,23,26)(H,24,25)(H2,27,28,29). The molecular formula is C21H22N3O6PS. The van der Waals surface area contributed by atoms with E-state index in [9.17, 15) is 14.2 Å². The number of nitrogens with one attached hydrogen (secondary N) is 2. The Morgan fingerprint density at radius 2 is 1.81 bits per heavy atom. The van der Waals surface area contributed by atoms with Crippen LogP contribution < -0.4 is 15.2 Å². The van der Waals surface area contributed by atoms with Crippen LogP contribution in [0.25, 0.3) is 10.4 Å². The van der Waals surface area contributed by atoms with Crippen molar-refractivity contribution in [3.05, 3.63) is 71.4 Å². The van der Waals surface area contributed by atoms with Crippen molar-refractivity contribution < 1.29 is 28.5 Å². The van der Waals surface area contributed by atoms with Gasteiger partial charge >= 0.3 is 7.82 Å². The van der Waals surface area contributed by atoms with Gasteiger partial charge in [0.2, 0.25) is 11.8 Å². The molecular weight excluding hydrogens is 453 g/mol. The van der Waals surface area contributed by atoms with Gasteiger partial charge in [0.25, 0.3) is 0 Å². The molecule has 3 rings (SSSR count). The Hall–Kier alpha value is -3.04. The van der Waals surface area contributed by atoms with Gasteiger partial charge in [0.15, 0.2) is 0 Å². The topological polar surface area (TPSA) is 138 Å². The maximum Gasteiger partial charge on any atom is 0.524 e. The van der Waals surface area contributed by atoms with E-state index >= 15 is 0 Å². The van der Waals surface area contributed by atoms with Crippen molar-refractivity contribution in [1.29, 1.82) is 0 Å². The van der Waals surface area contributed by atoms with Gasteiger partial charge < -0.3 is 15.2 Å². The fraction of sp³-hybridized carbons (Fsp3) is 0.190. The molecule has 0 bridgehead atoms. The quantitative estimate of drug-likeness (QED) is 0.349. The average molecular weight is 475 g/mol. The van der Waals surface area contributed by atoms with Crippen molar-refractivity contribution in [3.8, 4) is 16.2 Å². The Morgan fingerprint density at radius 1 is 1.12 bits per heavy atom. The van der Waals surface area contributed by atoms with Crippen molar-refractivity contribution >= 4 is 31.0 Å². The molecule has 0 aliphatic heterocycles. The van der Waals surface area contributed by atoms with E-state index in [4.69, 9.17) is 9.79 Å². The molecule has 0 aliphatic rings. The zero-order valence-corrected chi connectivity index (χ0v) is 18.8. The minimum Gasteiger partial charge on any atom is -0.404 e. The van der Waals surface area contributed by atoms with Crippen LogP contribution in [0.1, 0.15) is 17.5 Å². The number of phosphoric ester groups is 1. The Bertz CT molecular complexity index is 1110. The molecule has 9 nitrogen and oxygen atoms in total. The fourth-order valence-electron chi connectivity index (χ4n) is 2.93. The van der Waals surface area contributed by atoms with Gasteiger partial charge in [-0.2, -0.15) is 0 Å². The predicted molar refractivity (Wildman–Crippen MR) is 120 cm³/mol. The molecule has 0 spiro atoms. The van der Waals surface area contributed by atoms with Crippen LogP contribution in [0.3, 0.4) is 0 Å². The SMILES string of the molecule is CC(=O)NC(Cc1ccc(OP(=O)(O)O)cc1)C(=O)NCc1ncc(-c2ccccc2)s1. The zero-order valence-electron chi connectivity index (χ0n) is 17.1. The van der Waals surface area contributed by atoms with E-state index in [0.717, 1.165) is 15.4 Å². The van der Waals surface area contributed by atoms with Gasteiger partial charge in [0.1, 0.15) is 16.8 Å². The van der Waals surface area contributed by atoms with Crippen LogP contribution in [0, 0.1) is 0 Å². The van der Waals surface area contributed by atoms with Crippen molar-refractivity contribution in [1.82, 2.24) is 15.6 Å². The first-order valence-corrected chi connectivity index (χ1v) is 11.9. The predicted octanol–water partition coefficient (Wildman–Crippen LogP) is 2.65. The minimum absolute atomic E-state index is 0.000557. The van der Waals surface area contributed by atoms with Gasteiger partial charge in [-0.1, -0.05) is 42.5 Å². The van der Waals surface area contributed by atoms with Gasteiger partial charge in [-0.25, -0.2) is 9.55 Å². The van der Waals surface area contributed by atoms with Gasteiger partial charge in [-0.15, -0.1) is 11.3 Å². The molecule has 0 fully saturated rings. The van der Waals surface area contributed by atoms with E-state index in [1.54, 1.807) is 18.3 Å². The first-order chi connectivity index (χ1) is 15.2. The van der Waals surface area contributed by atoms with Crippen molar-refractivity contribution in [2.75, 3.05) is 0 Å². The molecule has 1 aromatic heterocycles. The maximum atomic E-state index is 12.7. The number of thiazole rings is 1. The summed E-state index contributed by atoms with van der Waals surface area (Å²) in [7, 11) is -4.65. The van der Waals surface area contributed by atoms with E-state index in [2.05, 4.69) is 20.1 Å². The molecule has 3 aromatic rings. The van der Waals surface area contributed by atoms with Crippen LogP contribution in [0.15, 0.2) is 60.8 Å². The second kappa shape index (κ2) is 10.5. The lowest BCUT2D eigenvalue weighted by atomic mass is 10.0. The summed E-state index contributed by atoms with van der Waals surface area (Å²) >= 11 is 1.47. The highest BCUT2D eigenvalue weighted by Crippen LogP contribution is 2.37. The Labute approximate surface area is 188 Å². The smallest absolute Gasteiger partial charge is 0.404 e. The number of hydrogen-bond acceptors (Lipinski definition) is 6. The molecule has 4 N–H and O–H groups in total. The van der Waals surface area contributed by atoms with Crippen LogP contribution in [0.5, 0.6) is 5.75 Å². The highest BCUT2D eigenvalue weighted by Gasteiger charge is 2.21. The number of aromatic nitrogens is 1. The van der Waals surface area contributed by atoms with E-state index in [0.29, 0.717) is 5.56 Å². The number of phosphoric acid groups is 1. The maximum absolute atomic E-state index is 12.7. The molecule has 2 aromatic carbocycles. The zero-order chi connectivity index (χ0) is 23.1. The van der Waals surface area contributed by atoms with Gasteiger partial charge in [-0.3, -0.25) is 19.4 Å². The van der Waals surface area contributed by atoms with Crippen LogP contribution in [-0.4, -0.2) is 32.6 Å². The Morgan fingerprint density at radius 3 is 2.44 bits per heavy atom. The molecule has 1 atom stereocenters. The first kappa shape index (κ1) is 23.6. The normalized spacial score (nSPS) is 12.1. The Balaban J connectivity index is 1.62.